The number of fused-ring (bicyclic) bond motifs is 1. The van der Waals surface area contributed by atoms with E-state index in [9.17, 15) is 9.59 Å². The molecule has 0 saturated carbocycles. The van der Waals surface area contributed by atoms with Crippen LogP contribution in [-0.2, 0) is 6.54 Å². The monoisotopic (exact) mass is 322 g/mol. The van der Waals surface area contributed by atoms with Gasteiger partial charge in [0.1, 0.15) is 5.56 Å². The quantitative estimate of drug-likeness (QED) is 0.720. The molecule has 2 N–H and O–H groups in total. The number of hydrogen-bond donors (Lipinski definition) is 2. The fraction of sp³-hybridized carbons (Fsp3) is 0.167. The molecule has 2 aromatic heterocycles. The Morgan fingerprint density at radius 1 is 1.17 bits per heavy atom. The number of hydrogen-bond acceptors (Lipinski definition) is 4. The maximum absolute atomic E-state index is 12.6. The van der Waals surface area contributed by atoms with Crippen LogP contribution in [0.4, 0.5) is 0 Å². The number of amides is 1. The first-order valence-corrected chi connectivity index (χ1v) is 7.70. The van der Waals surface area contributed by atoms with Crippen LogP contribution in [0.2, 0.25) is 0 Å². The molecule has 0 unspecified atom stereocenters. The van der Waals surface area contributed by atoms with Crippen molar-refractivity contribution < 1.29 is 4.79 Å². The van der Waals surface area contributed by atoms with Gasteiger partial charge in [0.25, 0.3) is 5.91 Å². The first kappa shape index (κ1) is 15.9. The summed E-state index contributed by atoms with van der Waals surface area (Å²) in [7, 11) is 1.58. The van der Waals surface area contributed by atoms with Crippen LogP contribution in [0.5, 0.6) is 0 Å². The van der Waals surface area contributed by atoms with Gasteiger partial charge in [-0.05, 0) is 42.3 Å². The Morgan fingerprint density at radius 3 is 2.58 bits per heavy atom. The molecule has 6 nitrogen and oxygen atoms in total. The minimum atomic E-state index is -0.440. The van der Waals surface area contributed by atoms with Gasteiger partial charge >= 0.3 is 0 Å². The number of nitrogens with one attached hydrogen (secondary N) is 2. The van der Waals surface area contributed by atoms with E-state index in [0.717, 1.165) is 16.6 Å². The van der Waals surface area contributed by atoms with E-state index in [2.05, 4.69) is 15.8 Å². The number of aromatic nitrogens is 2. The number of carbonyl (C=O) groups is 1. The molecule has 0 spiro atoms. The minimum Gasteiger partial charge on any atom is -0.347 e. The fourth-order valence-corrected chi connectivity index (χ4v) is 2.72. The summed E-state index contributed by atoms with van der Waals surface area (Å²) in [4.78, 5) is 28.7. The smallest absolute Gasteiger partial charge is 0.270 e. The highest BCUT2D eigenvalue weighted by Gasteiger charge is 2.15. The molecule has 0 fully saturated rings. The fourth-order valence-electron chi connectivity index (χ4n) is 2.72. The van der Waals surface area contributed by atoms with Crippen LogP contribution in [0.25, 0.3) is 22.0 Å². The van der Waals surface area contributed by atoms with Crippen LogP contribution >= 0.6 is 0 Å². The van der Waals surface area contributed by atoms with Crippen LogP contribution in [-0.4, -0.2) is 22.5 Å². The van der Waals surface area contributed by atoms with Crippen LogP contribution in [0.15, 0.2) is 53.7 Å². The van der Waals surface area contributed by atoms with E-state index < -0.39 is 5.91 Å². The number of aryl methyl sites for hydroxylation is 1. The Morgan fingerprint density at radius 2 is 1.92 bits per heavy atom. The van der Waals surface area contributed by atoms with E-state index in [-0.39, 0.29) is 11.0 Å². The second-order valence-electron chi connectivity index (χ2n) is 5.33. The molecule has 0 aliphatic heterocycles. The van der Waals surface area contributed by atoms with Gasteiger partial charge in [-0.3, -0.25) is 20.0 Å². The van der Waals surface area contributed by atoms with Crippen molar-refractivity contribution in [1.82, 2.24) is 20.4 Å². The van der Waals surface area contributed by atoms with Crippen molar-refractivity contribution >= 4 is 16.8 Å². The van der Waals surface area contributed by atoms with Crippen LogP contribution in [0.1, 0.15) is 17.3 Å². The van der Waals surface area contributed by atoms with Crippen LogP contribution < -0.4 is 16.3 Å². The molecule has 0 saturated heterocycles. The molecule has 1 aromatic carbocycles. The molecule has 0 aliphatic carbocycles. The van der Waals surface area contributed by atoms with Crippen molar-refractivity contribution in [1.29, 1.82) is 0 Å². The van der Waals surface area contributed by atoms with E-state index in [4.69, 9.17) is 0 Å². The Hall–Kier alpha value is -2.99. The molecule has 2 heterocycles. The van der Waals surface area contributed by atoms with Gasteiger partial charge in [-0.15, -0.1) is 0 Å². The Kier molecular flexibility index (Phi) is 4.39. The van der Waals surface area contributed by atoms with Gasteiger partial charge in [-0.25, -0.2) is 5.43 Å². The highest BCUT2D eigenvalue weighted by Crippen LogP contribution is 2.23. The molecular weight excluding hydrogens is 304 g/mol. The van der Waals surface area contributed by atoms with E-state index in [0.29, 0.717) is 11.9 Å². The van der Waals surface area contributed by atoms with Crippen LogP contribution in [0.3, 0.4) is 0 Å². The lowest BCUT2D eigenvalue weighted by Crippen LogP contribution is -2.37. The summed E-state index contributed by atoms with van der Waals surface area (Å²) in [6, 6.07) is 9.47. The number of benzene rings is 1. The second kappa shape index (κ2) is 6.64. The topological polar surface area (TPSA) is 76.0 Å². The van der Waals surface area contributed by atoms with Crippen molar-refractivity contribution in [3.8, 4) is 11.1 Å². The summed E-state index contributed by atoms with van der Waals surface area (Å²) in [6.45, 7) is 2.62. The van der Waals surface area contributed by atoms with Crippen molar-refractivity contribution in [2.24, 2.45) is 0 Å². The molecule has 0 radical (unpaired) electrons. The molecule has 0 bridgehead atoms. The SMILES string of the molecule is CCn1cc(C(=O)NNC)c(=O)c2ccc(-c3ccncc3)cc21. The average Bonchev–Trinajstić information content (AvgIpc) is 2.62. The zero-order valence-corrected chi connectivity index (χ0v) is 13.5. The predicted octanol–water partition coefficient (Wildman–Crippen LogP) is 1.95. The average molecular weight is 322 g/mol. The standard InChI is InChI=1S/C18H18N4O2/c1-3-22-11-15(18(24)21-19-2)17(23)14-5-4-13(10-16(14)22)12-6-8-20-9-7-12/h4-11,19H,3H2,1-2H3,(H,21,24). The summed E-state index contributed by atoms with van der Waals surface area (Å²) in [5.74, 6) is -0.440. The summed E-state index contributed by atoms with van der Waals surface area (Å²) in [5.41, 5.74) is 7.68. The van der Waals surface area contributed by atoms with Crippen molar-refractivity contribution in [3.63, 3.8) is 0 Å². The second-order valence-corrected chi connectivity index (χ2v) is 5.33. The maximum Gasteiger partial charge on any atom is 0.270 e. The van der Waals surface area contributed by atoms with E-state index in [1.807, 2.05) is 35.8 Å². The van der Waals surface area contributed by atoms with Crippen molar-refractivity contribution in [2.45, 2.75) is 13.5 Å². The van der Waals surface area contributed by atoms with Gasteiger partial charge in [0.15, 0.2) is 0 Å². The van der Waals surface area contributed by atoms with Crippen molar-refractivity contribution in [3.05, 3.63) is 64.7 Å². The number of rotatable bonds is 4. The lowest BCUT2D eigenvalue weighted by Gasteiger charge is -2.13. The third-order valence-corrected chi connectivity index (χ3v) is 3.92. The van der Waals surface area contributed by atoms with E-state index in [1.54, 1.807) is 31.7 Å². The summed E-state index contributed by atoms with van der Waals surface area (Å²) >= 11 is 0. The van der Waals surface area contributed by atoms with Crippen LogP contribution in [0, 0.1) is 0 Å². The van der Waals surface area contributed by atoms with Crippen molar-refractivity contribution in [2.75, 3.05) is 7.05 Å². The lowest BCUT2D eigenvalue weighted by molar-refractivity contribution is 0.0936. The minimum absolute atomic E-state index is 0.121. The zero-order chi connectivity index (χ0) is 17.1. The molecule has 0 atom stereocenters. The molecule has 6 heteroatoms. The molecule has 122 valence electrons. The summed E-state index contributed by atoms with van der Waals surface area (Å²) < 4.78 is 1.91. The highest BCUT2D eigenvalue weighted by atomic mass is 16.2. The van der Waals surface area contributed by atoms with Gasteiger partial charge in [-0.2, -0.15) is 0 Å². The largest absolute Gasteiger partial charge is 0.347 e. The number of nitrogens with zero attached hydrogens (tertiary/aromatic N) is 2. The lowest BCUT2D eigenvalue weighted by atomic mass is 10.0. The van der Waals surface area contributed by atoms with E-state index in [1.165, 1.54) is 0 Å². The molecule has 3 rings (SSSR count). The maximum atomic E-state index is 12.6. The highest BCUT2D eigenvalue weighted by molar-refractivity contribution is 5.97. The number of pyridine rings is 2. The predicted molar refractivity (Wildman–Crippen MR) is 93.6 cm³/mol. The Bertz CT molecular complexity index is 948. The van der Waals surface area contributed by atoms with Gasteiger partial charge in [-0.1, -0.05) is 6.07 Å². The third kappa shape index (κ3) is 2.79. The molecule has 1 amide bonds. The van der Waals surface area contributed by atoms with Gasteiger partial charge in [0, 0.05) is 37.6 Å². The molecule has 3 aromatic rings. The normalized spacial score (nSPS) is 10.8. The summed E-state index contributed by atoms with van der Waals surface area (Å²) in [5, 5.41) is 0.526. The Balaban J connectivity index is 2.22. The zero-order valence-electron chi connectivity index (χ0n) is 13.5. The first-order chi connectivity index (χ1) is 11.7. The third-order valence-electron chi connectivity index (χ3n) is 3.92. The summed E-state index contributed by atoms with van der Waals surface area (Å²) in [6.07, 6.45) is 5.07. The van der Waals surface area contributed by atoms with Gasteiger partial charge in [0.2, 0.25) is 5.43 Å². The Labute approximate surface area is 139 Å². The number of carbonyl (C=O) groups excluding carboxylic acids is 1. The first-order valence-electron chi connectivity index (χ1n) is 7.70. The van der Waals surface area contributed by atoms with Gasteiger partial charge in [0.05, 0.1) is 5.52 Å². The molecular formula is C18H18N4O2. The van der Waals surface area contributed by atoms with E-state index >= 15 is 0 Å². The number of hydrazine groups is 1. The molecule has 24 heavy (non-hydrogen) atoms. The molecule has 0 aliphatic rings. The van der Waals surface area contributed by atoms with Gasteiger partial charge < -0.3 is 4.57 Å².